The number of aliphatic carboxylic acids is 1. The van der Waals surface area contributed by atoms with Gasteiger partial charge in [-0.1, -0.05) is 32.9 Å². The summed E-state index contributed by atoms with van der Waals surface area (Å²) in [5.41, 5.74) is 0.827. The summed E-state index contributed by atoms with van der Waals surface area (Å²) in [6.07, 6.45) is 1.12. The van der Waals surface area contributed by atoms with Crippen LogP contribution in [0.4, 0.5) is 4.39 Å². The monoisotopic (exact) mass is 295 g/mol. The maximum Gasteiger partial charge on any atom is 0.326 e. The van der Waals surface area contributed by atoms with E-state index >= 15 is 0 Å². The van der Waals surface area contributed by atoms with Crippen molar-refractivity contribution in [3.8, 4) is 0 Å². The number of nitrogens with one attached hydrogen (secondary N) is 1. The molecule has 5 heteroatoms. The highest BCUT2D eigenvalue weighted by atomic mass is 19.1. The highest BCUT2D eigenvalue weighted by molar-refractivity contribution is 5.84. The van der Waals surface area contributed by atoms with Gasteiger partial charge in [-0.15, -0.1) is 0 Å². The van der Waals surface area contributed by atoms with Crippen molar-refractivity contribution in [2.75, 3.05) is 0 Å². The van der Waals surface area contributed by atoms with Gasteiger partial charge in [-0.25, -0.2) is 9.18 Å². The molecule has 2 N–H and O–H groups in total. The third kappa shape index (κ3) is 5.53. The van der Waals surface area contributed by atoms with E-state index in [2.05, 4.69) is 5.32 Å². The first-order valence-corrected chi connectivity index (χ1v) is 7.09. The lowest BCUT2D eigenvalue weighted by atomic mass is 9.98. The molecule has 1 amide bonds. The molecule has 0 heterocycles. The van der Waals surface area contributed by atoms with Gasteiger partial charge in [0.25, 0.3) is 0 Å². The number of carbonyl (C=O) groups is 2. The summed E-state index contributed by atoms with van der Waals surface area (Å²) in [6.45, 7) is 5.24. The lowest BCUT2D eigenvalue weighted by molar-refractivity contribution is -0.143. The number of carboxylic acid groups (broad SMARTS) is 1. The lowest BCUT2D eigenvalue weighted by Gasteiger charge is -2.20. The molecule has 0 bridgehead atoms. The van der Waals surface area contributed by atoms with Crippen LogP contribution in [0.25, 0.3) is 0 Å². The summed E-state index contributed by atoms with van der Waals surface area (Å²) >= 11 is 0. The highest BCUT2D eigenvalue weighted by Crippen LogP contribution is 2.12. The summed E-state index contributed by atoms with van der Waals surface area (Å²) in [6, 6.07) is 5.38. The molecule has 2 atom stereocenters. The Balaban J connectivity index is 2.53. The summed E-state index contributed by atoms with van der Waals surface area (Å²) in [5.74, 6) is -2.12. The molecular formula is C16H22FNO3. The van der Waals surface area contributed by atoms with Crippen LogP contribution in [0.2, 0.25) is 0 Å². The fraction of sp³-hybridized carbons (Fsp3) is 0.500. The van der Waals surface area contributed by atoms with Crippen LogP contribution in [0.5, 0.6) is 0 Å². The molecule has 1 aromatic carbocycles. The van der Waals surface area contributed by atoms with Crippen molar-refractivity contribution in [1.29, 1.82) is 0 Å². The van der Waals surface area contributed by atoms with Crippen molar-refractivity contribution < 1.29 is 19.1 Å². The number of aryl methyl sites for hydroxylation is 1. The van der Waals surface area contributed by atoms with Gasteiger partial charge in [-0.3, -0.25) is 4.79 Å². The summed E-state index contributed by atoms with van der Waals surface area (Å²) < 4.78 is 13.1. The van der Waals surface area contributed by atoms with Crippen LogP contribution in [0.3, 0.4) is 0 Å². The Morgan fingerprint density at radius 2 is 1.95 bits per heavy atom. The van der Waals surface area contributed by atoms with Crippen LogP contribution in [0.15, 0.2) is 24.3 Å². The van der Waals surface area contributed by atoms with Crippen LogP contribution in [-0.2, 0) is 16.0 Å². The number of benzene rings is 1. The fourth-order valence-electron chi connectivity index (χ4n) is 2.02. The second-order valence-corrected chi connectivity index (χ2v) is 5.64. The molecule has 0 fully saturated rings. The van der Waals surface area contributed by atoms with E-state index in [-0.39, 0.29) is 23.6 Å². The third-order valence-electron chi connectivity index (χ3n) is 3.43. The number of halogens is 1. The van der Waals surface area contributed by atoms with Crippen molar-refractivity contribution in [1.82, 2.24) is 5.32 Å². The molecule has 1 rings (SSSR count). The van der Waals surface area contributed by atoms with Crippen molar-refractivity contribution in [3.63, 3.8) is 0 Å². The first-order chi connectivity index (χ1) is 9.81. The number of hydrogen-bond acceptors (Lipinski definition) is 2. The molecule has 0 spiro atoms. The maximum absolute atomic E-state index is 13.1. The minimum absolute atomic E-state index is 0.179. The summed E-state index contributed by atoms with van der Waals surface area (Å²) in [7, 11) is 0. The first kappa shape index (κ1) is 17.1. The minimum Gasteiger partial charge on any atom is -0.480 e. The minimum atomic E-state index is -1.03. The number of carbonyl (C=O) groups excluding carboxylic acids is 1. The van der Waals surface area contributed by atoms with E-state index in [1.807, 2.05) is 6.07 Å². The van der Waals surface area contributed by atoms with Gasteiger partial charge in [-0.2, -0.15) is 0 Å². The Hall–Kier alpha value is -1.91. The molecule has 0 aliphatic heterocycles. The molecule has 4 nitrogen and oxygen atoms in total. The van der Waals surface area contributed by atoms with Crippen molar-refractivity contribution >= 4 is 11.9 Å². The maximum atomic E-state index is 13.1. The number of carboxylic acids is 1. The van der Waals surface area contributed by atoms with E-state index in [9.17, 15) is 14.0 Å². The molecule has 0 saturated heterocycles. The zero-order valence-electron chi connectivity index (χ0n) is 12.6. The normalized spacial score (nSPS) is 13.8. The van der Waals surface area contributed by atoms with Gasteiger partial charge in [0.05, 0.1) is 0 Å². The Morgan fingerprint density at radius 3 is 2.48 bits per heavy atom. The van der Waals surface area contributed by atoms with Crippen LogP contribution in [-0.4, -0.2) is 23.0 Å². The van der Waals surface area contributed by atoms with Gasteiger partial charge in [0, 0.05) is 5.92 Å². The second-order valence-electron chi connectivity index (χ2n) is 5.64. The van der Waals surface area contributed by atoms with Crippen molar-refractivity contribution in [2.24, 2.45) is 11.8 Å². The average Bonchev–Trinajstić information content (AvgIpc) is 2.41. The van der Waals surface area contributed by atoms with E-state index < -0.39 is 12.0 Å². The van der Waals surface area contributed by atoms with Crippen LogP contribution >= 0.6 is 0 Å². The molecular weight excluding hydrogens is 273 g/mol. The van der Waals surface area contributed by atoms with E-state index in [0.29, 0.717) is 12.8 Å². The predicted octanol–water partition coefficient (Wildman–Crippen LogP) is 2.62. The van der Waals surface area contributed by atoms with Crippen molar-refractivity contribution in [3.05, 3.63) is 35.6 Å². The topological polar surface area (TPSA) is 66.4 Å². The first-order valence-electron chi connectivity index (χ1n) is 7.09. The highest BCUT2D eigenvalue weighted by Gasteiger charge is 2.25. The third-order valence-corrected chi connectivity index (χ3v) is 3.43. The Morgan fingerprint density at radius 1 is 1.29 bits per heavy atom. The molecule has 1 unspecified atom stereocenters. The van der Waals surface area contributed by atoms with E-state index in [0.717, 1.165) is 5.56 Å². The Kier molecular flexibility index (Phi) is 6.34. The van der Waals surface area contributed by atoms with E-state index in [1.165, 1.54) is 12.1 Å². The molecule has 0 saturated carbocycles. The van der Waals surface area contributed by atoms with Crippen LogP contribution in [0, 0.1) is 17.7 Å². The summed E-state index contributed by atoms with van der Waals surface area (Å²) in [4.78, 5) is 23.1. The molecule has 1 aromatic rings. The average molecular weight is 295 g/mol. The second kappa shape index (κ2) is 7.76. The molecule has 0 aromatic heterocycles. The van der Waals surface area contributed by atoms with E-state index in [4.69, 9.17) is 5.11 Å². The van der Waals surface area contributed by atoms with Crippen LogP contribution < -0.4 is 5.32 Å². The smallest absolute Gasteiger partial charge is 0.326 e. The summed E-state index contributed by atoms with van der Waals surface area (Å²) in [5, 5.41) is 11.6. The van der Waals surface area contributed by atoms with Crippen molar-refractivity contribution in [2.45, 2.75) is 39.7 Å². The van der Waals surface area contributed by atoms with Gasteiger partial charge in [0.1, 0.15) is 11.9 Å². The molecule has 0 aliphatic carbocycles. The molecule has 116 valence electrons. The van der Waals surface area contributed by atoms with Gasteiger partial charge in [0.2, 0.25) is 5.91 Å². The zero-order valence-corrected chi connectivity index (χ0v) is 12.6. The Labute approximate surface area is 124 Å². The van der Waals surface area contributed by atoms with Gasteiger partial charge in [-0.05, 0) is 36.5 Å². The van der Waals surface area contributed by atoms with Gasteiger partial charge in [0.15, 0.2) is 0 Å². The lowest BCUT2D eigenvalue weighted by Crippen LogP contribution is -2.46. The number of amides is 1. The largest absolute Gasteiger partial charge is 0.480 e. The standard InChI is InChI=1S/C16H22FNO3/c1-10(2)14(16(20)21)18-15(19)11(3)7-8-12-5-4-6-13(17)9-12/h4-6,9-11,14H,7-8H2,1-3H3,(H,18,19)(H,20,21)/t11?,14-/m0/s1. The zero-order chi connectivity index (χ0) is 16.0. The van der Waals surface area contributed by atoms with E-state index in [1.54, 1.807) is 26.8 Å². The molecule has 0 radical (unpaired) electrons. The fourth-order valence-corrected chi connectivity index (χ4v) is 2.02. The quantitative estimate of drug-likeness (QED) is 0.812. The molecule has 21 heavy (non-hydrogen) atoms. The number of hydrogen-bond donors (Lipinski definition) is 2. The predicted molar refractivity (Wildman–Crippen MR) is 78.3 cm³/mol. The molecule has 0 aliphatic rings. The van der Waals surface area contributed by atoms with Gasteiger partial charge < -0.3 is 10.4 Å². The van der Waals surface area contributed by atoms with Gasteiger partial charge >= 0.3 is 5.97 Å². The SMILES string of the molecule is CC(CCc1cccc(F)c1)C(=O)N[C@H](C(=O)O)C(C)C. The van der Waals surface area contributed by atoms with Crippen LogP contribution in [0.1, 0.15) is 32.8 Å². The number of rotatable bonds is 7. The Bertz CT molecular complexity index is 502.